The van der Waals surface area contributed by atoms with Gasteiger partial charge in [-0.3, -0.25) is 9.59 Å². The summed E-state index contributed by atoms with van der Waals surface area (Å²) in [6.45, 7) is 0. The molecule has 6 heteroatoms. The molecular weight excluding hydrogens is 321 g/mol. The van der Waals surface area contributed by atoms with Gasteiger partial charge in [0.05, 0.1) is 12.8 Å². The van der Waals surface area contributed by atoms with Crippen LogP contribution < -0.4 is 10.1 Å². The van der Waals surface area contributed by atoms with E-state index in [2.05, 4.69) is 5.32 Å². The number of hydrogen-bond donors (Lipinski definition) is 1. The molecule has 0 atom stereocenters. The Morgan fingerprint density at radius 1 is 1.13 bits per heavy atom. The third kappa shape index (κ3) is 4.79. The molecule has 0 fully saturated rings. The maximum absolute atomic E-state index is 12.8. The van der Waals surface area contributed by atoms with Gasteiger partial charge in [0.15, 0.2) is 5.78 Å². The van der Waals surface area contributed by atoms with Crippen molar-refractivity contribution in [2.45, 2.75) is 12.8 Å². The van der Waals surface area contributed by atoms with E-state index in [9.17, 15) is 14.0 Å². The maximum Gasteiger partial charge on any atom is 0.224 e. The normalized spacial score (nSPS) is 10.2. The van der Waals surface area contributed by atoms with Crippen LogP contribution in [0, 0.1) is 5.82 Å². The number of carbonyl (C=O) groups excluding carboxylic acids is 2. The molecular formula is C17H15ClFNO3. The van der Waals surface area contributed by atoms with Gasteiger partial charge < -0.3 is 10.1 Å². The number of Topliss-reactive ketones (excluding diaryl/α,β-unsaturated/α-hetero) is 1. The zero-order valence-corrected chi connectivity index (χ0v) is 13.2. The number of rotatable bonds is 6. The van der Waals surface area contributed by atoms with Crippen LogP contribution in [0.25, 0.3) is 0 Å². The van der Waals surface area contributed by atoms with Crippen LogP contribution in [0.5, 0.6) is 5.75 Å². The fourth-order valence-electron chi connectivity index (χ4n) is 2.00. The van der Waals surface area contributed by atoms with E-state index < -0.39 is 5.82 Å². The van der Waals surface area contributed by atoms with Crippen molar-refractivity contribution >= 4 is 29.0 Å². The van der Waals surface area contributed by atoms with Gasteiger partial charge in [-0.1, -0.05) is 11.6 Å². The Kier molecular flexibility index (Phi) is 5.71. The molecule has 1 amide bonds. The number of halogens is 2. The van der Waals surface area contributed by atoms with E-state index in [0.717, 1.165) is 0 Å². The van der Waals surface area contributed by atoms with Gasteiger partial charge in [0.2, 0.25) is 5.91 Å². The maximum atomic E-state index is 12.8. The molecule has 0 unspecified atom stereocenters. The molecule has 1 N–H and O–H groups in total. The van der Waals surface area contributed by atoms with Crippen molar-refractivity contribution in [3.8, 4) is 5.75 Å². The fraction of sp³-hybridized carbons (Fsp3) is 0.176. The lowest BCUT2D eigenvalue weighted by Gasteiger charge is -2.10. The smallest absolute Gasteiger partial charge is 0.224 e. The molecule has 0 aliphatic heterocycles. The minimum absolute atomic E-state index is 0.00583. The minimum Gasteiger partial charge on any atom is -0.495 e. The topological polar surface area (TPSA) is 55.4 Å². The van der Waals surface area contributed by atoms with Crippen molar-refractivity contribution in [2.24, 2.45) is 0 Å². The Morgan fingerprint density at radius 2 is 1.83 bits per heavy atom. The molecule has 2 rings (SSSR count). The molecule has 120 valence electrons. The number of ketones is 1. The summed E-state index contributed by atoms with van der Waals surface area (Å²) in [5, 5.41) is 3.12. The van der Waals surface area contributed by atoms with E-state index in [-0.39, 0.29) is 24.5 Å². The number of carbonyl (C=O) groups is 2. The average Bonchev–Trinajstić information content (AvgIpc) is 2.53. The third-order valence-electron chi connectivity index (χ3n) is 3.18. The number of amides is 1. The lowest BCUT2D eigenvalue weighted by Crippen LogP contribution is -2.14. The molecule has 0 aliphatic carbocycles. The standard InChI is InChI=1S/C17H15ClFNO3/c1-23-16-8-4-12(18)10-14(16)20-17(22)9-7-15(21)11-2-5-13(19)6-3-11/h2-6,8,10H,7,9H2,1H3,(H,20,22). The van der Waals surface area contributed by atoms with Crippen LogP contribution in [0.15, 0.2) is 42.5 Å². The summed E-state index contributed by atoms with van der Waals surface area (Å²) < 4.78 is 17.9. The zero-order valence-electron chi connectivity index (χ0n) is 12.4. The largest absolute Gasteiger partial charge is 0.495 e. The van der Waals surface area contributed by atoms with Gasteiger partial charge in [-0.15, -0.1) is 0 Å². The summed E-state index contributed by atoms with van der Waals surface area (Å²) >= 11 is 5.89. The van der Waals surface area contributed by atoms with Gasteiger partial charge in [0.25, 0.3) is 0 Å². The van der Waals surface area contributed by atoms with E-state index >= 15 is 0 Å². The highest BCUT2D eigenvalue weighted by atomic mass is 35.5. The fourth-order valence-corrected chi connectivity index (χ4v) is 2.17. The molecule has 0 bridgehead atoms. The van der Waals surface area contributed by atoms with Crippen molar-refractivity contribution in [3.05, 3.63) is 58.9 Å². The first kappa shape index (κ1) is 17.0. The molecule has 4 nitrogen and oxygen atoms in total. The van der Waals surface area contributed by atoms with Crippen LogP contribution >= 0.6 is 11.6 Å². The average molecular weight is 336 g/mol. The first-order valence-electron chi connectivity index (χ1n) is 6.92. The summed E-state index contributed by atoms with van der Waals surface area (Å²) in [6.07, 6.45) is 0.0340. The molecule has 0 saturated heterocycles. The van der Waals surface area contributed by atoms with Crippen LogP contribution in [0.3, 0.4) is 0 Å². The van der Waals surface area contributed by atoms with E-state index in [0.29, 0.717) is 22.0 Å². The number of hydrogen-bond acceptors (Lipinski definition) is 3. The third-order valence-corrected chi connectivity index (χ3v) is 3.42. The lowest BCUT2D eigenvalue weighted by atomic mass is 10.1. The van der Waals surface area contributed by atoms with Crippen LogP contribution in [-0.2, 0) is 4.79 Å². The number of anilines is 1. The molecule has 0 radical (unpaired) electrons. The quantitative estimate of drug-likeness (QED) is 0.809. The number of ether oxygens (including phenoxy) is 1. The molecule has 0 spiro atoms. The monoisotopic (exact) mass is 335 g/mol. The van der Waals surface area contributed by atoms with Crippen LogP contribution in [0.2, 0.25) is 5.02 Å². The van der Waals surface area contributed by atoms with Gasteiger partial charge in [-0.2, -0.15) is 0 Å². The van der Waals surface area contributed by atoms with Gasteiger partial charge in [-0.05, 0) is 42.5 Å². The van der Waals surface area contributed by atoms with Crippen molar-refractivity contribution < 1.29 is 18.7 Å². The molecule has 23 heavy (non-hydrogen) atoms. The van der Waals surface area contributed by atoms with Gasteiger partial charge >= 0.3 is 0 Å². The number of nitrogens with one attached hydrogen (secondary N) is 1. The first-order valence-corrected chi connectivity index (χ1v) is 7.29. The van der Waals surface area contributed by atoms with Gasteiger partial charge in [-0.25, -0.2) is 4.39 Å². The Labute approximate surface area is 138 Å². The second-order valence-electron chi connectivity index (χ2n) is 4.82. The van der Waals surface area contributed by atoms with Gasteiger partial charge in [0.1, 0.15) is 11.6 Å². The van der Waals surface area contributed by atoms with Crippen molar-refractivity contribution in [1.29, 1.82) is 0 Å². The minimum atomic E-state index is -0.410. The summed E-state index contributed by atoms with van der Waals surface area (Å²) in [6, 6.07) is 10.1. The molecule has 2 aromatic carbocycles. The predicted molar refractivity (Wildman–Crippen MR) is 86.6 cm³/mol. The van der Waals surface area contributed by atoms with E-state index in [4.69, 9.17) is 16.3 Å². The molecule has 2 aromatic rings. The Balaban J connectivity index is 1.94. The highest BCUT2D eigenvalue weighted by molar-refractivity contribution is 6.31. The highest BCUT2D eigenvalue weighted by Gasteiger charge is 2.12. The van der Waals surface area contributed by atoms with Crippen LogP contribution in [0.1, 0.15) is 23.2 Å². The Hall–Kier alpha value is -2.40. The van der Waals surface area contributed by atoms with E-state index in [1.54, 1.807) is 18.2 Å². The lowest BCUT2D eigenvalue weighted by molar-refractivity contribution is -0.116. The van der Waals surface area contributed by atoms with E-state index in [1.165, 1.54) is 31.4 Å². The SMILES string of the molecule is COc1ccc(Cl)cc1NC(=O)CCC(=O)c1ccc(F)cc1. The highest BCUT2D eigenvalue weighted by Crippen LogP contribution is 2.27. The second-order valence-corrected chi connectivity index (χ2v) is 5.26. The van der Waals surface area contributed by atoms with Crippen molar-refractivity contribution in [1.82, 2.24) is 0 Å². The zero-order chi connectivity index (χ0) is 16.8. The van der Waals surface area contributed by atoms with E-state index in [1.807, 2.05) is 0 Å². The summed E-state index contributed by atoms with van der Waals surface area (Å²) in [4.78, 5) is 23.9. The Bertz CT molecular complexity index is 716. The first-order chi connectivity index (χ1) is 11.0. The summed E-state index contributed by atoms with van der Waals surface area (Å²) in [7, 11) is 1.48. The summed E-state index contributed by atoms with van der Waals surface area (Å²) in [5.74, 6) is -0.487. The van der Waals surface area contributed by atoms with Crippen LogP contribution in [0.4, 0.5) is 10.1 Å². The molecule has 0 aromatic heterocycles. The second kappa shape index (κ2) is 7.74. The van der Waals surface area contributed by atoms with Crippen molar-refractivity contribution in [2.75, 3.05) is 12.4 Å². The number of benzene rings is 2. The molecule has 0 heterocycles. The molecule has 0 aliphatic rings. The van der Waals surface area contributed by atoms with Gasteiger partial charge in [0, 0.05) is 23.4 Å². The Morgan fingerprint density at radius 3 is 2.48 bits per heavy atom. The molecule has 0 saturated carbocycles. The number of methoxy groups -OCH3 is 1. The van der Waals surface area contributed by atoms with Crippen molar-refractivity contribution in [3.63, 3.8) is 0 Å². The van der Waals surface area contributed by atoms with Crippen LogP contribution in [-0.4, -0.2) is 18.8 Å². The summed E-state index contributed by atoms with van der Waals surface area (Å²) in [5.41, 5.74) is 0.818. The predicted octanol–water partition coefficient (Wildman–Crippen LogP) is 4.09.